The molecule has 7 N–H and O–H groups in total. The Morgan fingerprint density at radius 1 is 1.09 bits per heavy atom. The van der Waals surface area contributed by atoms with E-state index in [9.17, 15) is 48.9 Å². The summed E-state index contributed by atoms with van der Waals surface area (Å²) in [7, 11) is -10.8. The smallest absolute Gasteiger partial charge is 0.390 e. The van der Waals surface area contributed by atoms with Crippen molar-refractivity contribution in [3.8, 4) is 0 Å². The molecule has 2 unspecified atom stereocenters. The van der Waals surface area contributed by atoms with Gasteiger partial charge in [-0.3, -0.25) is 23.4 Å². The molecule has 0 spiro atoms. The van der Waals surface area contributed by atoms with E-state index in [-0.39, 0.29) is 12.0 Å². The number of nitrogens with one attached hydrogen (secondary N) is 1. The predicted molar refractivity (Wildman–Crippen MR) is 111 cm³/mol. The number of phosphoric ester groups is 2. The molecule has 17 nitrogen and oxygen atoms in total. The van der Waals surface area contributed by atoms with Crippen LogP contribution in [0.1, 0.15) is 25.1 Å². The van der Waals surface area contributed by atoms with Gasteiger partial charge in [0.15, 0.2) is 6.29 Å². The first-order chi connectivity index (χ1) is 16.1. The van der Waals surface area contributed by atoms with Gasteiger partial charge in [0, 0.05) is 18.2 Å². The number of phosphoric acid groups is 2. The van der Waals surface area contributed by atoms with E-state index in [0.717, 1.165) is 4.57 Å². The highest BCUT2D eigenvalue weighted by atomic mass is 31.3. The quantitative estimate of drug-likeness (QED) is 0.167. The fraction of sp³-hybridized carbons (Fsp3) is 0.750. The van der Waals surface area contributed by atoms with E-state index in [1.165, 1.54) is 20.0 Å². The van der Waals surface area contributed by atoms with Crippen LogP contribution < -0.4 is 11.2 Å². The second-order valence-electron chi connectivity index (χ2n) is 8.01. The highest BCUT2D eigenvalue weighted by Crippen LogP contribution is 2.61. The second-order valence-corrected chi connectivity index (χ2v) is 11.0. The van der Waals surface area contributed by atoms with Crippen molar-refractivity contribution in [3.05, 3.63) is 32.6 Å². The first-order valence-electron chi connectivity index (χ1n) is 10.2. The van der Waals surface area contributed by atoms with Crippen LogP contribution in [-0.4, -0.2) is 89.3 Å². The van der Waals surface area contributed by atoms with Crippen LogP contribution in [0.3, 0.4) is 0 Å². The molecule has 35 heavy (non-hydrogen) atoms. The SMILES string of the molecule is Cc1cn([C@@H]2C[C@H](O)[C@@H](COP(=O)(O)OP(=O)(O)O[C@H]3O[C@@H](C)[C@H](O)[C@@H](O)[C@@H]3O)O2)c(=O)[nH]c1=O. The third-order valence-electron chi connectivity index (χ3n) is 5.31. The predicted octanol–water partition coefficient (Wildman–Crippen LogP) is -2.43. The maximum absolute atomic E-state index is 12.2. The lowest BCUT2D eigenvalue weighted by Crippen LogP contribution is -2.57. The van der Waals surface area contributed by atoms with E-state index in [1.807, 2.05) is 0 Å². The van der Waals surface area contributed by atoms with E-state index in [1.54, 1.807) is 0 Å². The summed E-state index contributed by atoms with van der Waals surface area (Å²) in [6, 6.07) is 0. The van der Waals surface area contributed by atoms with E-state index in [2.05, 4.69) is 18.3 Å². The normalized spacial score (nSPS) is 37.0. The van der Waals surface area contributed by atoms with Gasteiger partial charge in [-0.15, -0.1) is 0 Å². The molecule has 1 aromatic heterocycles. The summed E-state index contributed by atoms with van der Waals surface area (Å²) in [5.74, 6) is 0. The van der Waals surface area contributed by atoms with Gasteiger partial charge >= 0.3 is 21.3 Å². The molecular weight excluding hydrogens is 522 g/mol. The molecule has 3 heterocycles. The van der Waals surface area contributed by atoms with Crippen LogP contribution in [0.2, 0.25) is 0 Å². The van der Waals surface area contributed by atoms with Crippen molar-refractivity contribution >= 4 is 15.6 Å². The zero-order chi connectivity index (χ0) is 26.3. The number of aryl methyl sites for hydroxylation is 1. The van der Waals surface area contributed by atoms with Gasteiger partial charge in [0.1, 0.15) is 30.6 Å². The van der Waals surface area contributed by atoms with Crippen LogP contribution >= 0.6 is 15.6 Å². The number of hydrogen-bond acceptors (Lipinski definition) is 13. The molecule has 0 aromatic carbocycles. The molecule has 0 radical (unpaired) electrons. The molecule has 1 aromatic rings. The molecule has 0 bridgehead atoms. The number of nitrogens with zero attached hydrogens (tertiary/aromatic N) is 1. The summed E-state index contributed by atoms with van der Waals surface area (Å²) in [6.45, 7) is 1.88. The first kappa shape index (κ1) is 28.3. The maximum atomic E-state index is 12.2. The highest BCUT2D eigenvalue weighted by molar-refractivity contribution is 7.61. The van der Waals surface area contributed by atoms with Gasteiger partial charge in [0.05, 0.1) is 18.8 Å². The van der Waals surface area contributed by atoms with Crippen molar-refractivity contribution in [2.24, 2.45) is 0 Å². The zero-order valence-electron chi connectivity index (χ0n) is 18.3. The average molecular weight is 548 g/mol. The molecule has 200 valence electrons. The molecule has 19 heteroatoms. The largest absolute Gasteiger partial charge is 0.483 e. The molecule has 0 aliphatic carbocycles. The Hall–Kier alpha value is -1.30. The average Bonchev–Trinajstić information content (AvgIpc) is 3.11. The Morgan fingerprint density at radius 2 is 1.74 bits per heavy atom. The van der Waals surface area contributed by atoms with E-state index < -0.39 is 82.6 Å². The van der Waals surface area contributed by atoms with Crippen molar-refractivity contribution in [1.82, 2.24) is 9.55 Å². The van der Waals surface area contributed by atoms with Gasteiger partial charge in [-0.1, -0.05) is 0 Å². The molecule has 0 amide bonds. The second kappa shape index (κ2) is 10.6. The fourth-order valence-corrected chi connectivity index (χ4v) is 5.57. The number of rotatable bonds is 8. The molecule has 2 saturated heterocycles. The van der Waals surface area contributed by atoms with Gasteiger partial charge in [0.2, 0.25) is 0 Å². The molecule has 0 saturated carbocycles. The third kappa shape index (κ3) is 6.72. The number of hydrogen-bond donors (Lipinski definition) is 7. The van der Waals surface area contributed by atoms with E-state index >= 15 is 0 Å². The van der Waals surface area contributed by atoms with Gasteiger partial charge in [0.25, 0.3) is 5.56 Å². The van der Waals surface area contributed by atoms with E-state index in [0.29, 0.717) is 0 Å². The number of aromatic amines is 1. The van der Waals surface area contributed by atoms with Crippen LogP contribution in [0.5, 0.6) is 0 Å². The standard InChI is InChI=1S/C16H26N2O15P2/c1-6-4-18(16(24)17-14(6)23)10-3-8(19)9(31-10)5-29-34(25,26)33-35(27,28)32-15-13(22)12(21)11(20)7(2)30-15/h4,7-13,15,19-22H,3,5H2,1-2H3,(H,25,26)(H,27,28)(H,17,23,24)/t7-,8-,9+,10-,11-,12+,13-,15+/m0/s1. The lowest BCUT2D eigenvalue weighted by Gasteiger charge is -2.38. The number of ether oxygens (including phenoxy) is 2. The van der Waals surface area contributed by atoms with Crippen molar-refractivity contribution in [1.29, 1.82) is 0 Å². The summed E-state index contributed by atoms with van der Waals surface area (Å²) in [6.07, 6.45) is -11.0. The minimum absolute atomic E-state index is 0.152. The third-order valence-corrected chi connectivity index (χ3v) is 7.91. The highest BCUT2D eigenvalue weighted by Gasteiger charge is 2.47. The van der Waals surface area contributed by atoms with Crippen LogP contribution in [-0.2, 0) is 32.0 Å². The Kier molecular flexibility index (Phi) is 8.56. The minimum Gasteiger partial charge on any atom is -0.390 e. The lowest BCUT2D eigenvalue weighted by molar-refractivity contribution is -0.271. The Balaban J connectivity index is 1.59. The maximum Gasteiger partial charge on any atom is 0.483 e. The topological polar surface area (TPSA) is 257 Å². The van der Waals surface area contributed by atoms with Crippen LogP contribution in [0.25, 0.3) is 0 Å². The van der Waals surface area contributed by atoms with Gasteiger partial charge in [-0.25, -0.2) is 13.9 Å². The van der Waals surface area contributed by atoms with E-state index in [4.69, 9.17) is 9.47 Å². The molecule has 3 rings (SSSR count). The van der Waals surface area contributed by atoms with Crippen molar-refractivity contribution in [2.45, 2.75) is 69.4 Å². The van der Waals surface area contributed by atoms with Crippen molar-refractivity contribution < 1.29 is 62.2 Å². The summed E-state index contributed by atoms with van der Waals surface area (Å²) in [5, 5.41) is 39.3. The van der Waals surface area contributed by atoms with Gasteiger partial charge in [-0.2, -0.15) is 4.31 Å². The minimum atomic E-state index is -5.44. The Bertz CT molecular complexity index is 1120. The molecule has 2 aliphatic rings. The monoisotopic (exact) mass is 548 g/mol. The number of aromatic nitrogens is 2. The molecule has 2 aliphatic heterocycles. The van der Waals surface area contributed by atoms with Gasteiger partial charge in [-0.05, 0) is 13.8 Å². The summed E-state index contributed by atoms with van der Waals surface area (Å²) >= 11 is 0. The first-order valence-corrected chi connectivity index (χ1v) is 13.1. The molecule has 2 fully saturated rings. The van der Waals surface area contributed by atoms with Crippen molar-refractivity contribution in [2.75, 3.05) is 6.61 Å². The van der Waals surface area contributed by atoms with Crippen LogP contribution in [0.15, 0.2) is 15.8 Å². The summed E-state index contributed by atoms with van der Waals surface area (Å²) in [4.78, 5) is 45.2. The number of aliphatic hydroxyl groups is 4. The summed E-state index contributed by atoms with van der Waals surface area (Å²) in [5.41, 5.74) is -1.23. The van der Waals surface area contributed by atoms with Crippen LogP contribution in [0.4, 0.5) is 0 Å². The Morgan fingerprint density at radius 3 is 2.40 bits per heavy atom. The number of aliphatic hydroxyl groups excluding tert-OH is 4. The van der Waals surface area contributed by atoms with Crippen LogP contribution in [0, 0.1) is 6.92 Å². The molecular formula is C16H26N2O15P2. The summed E-state index contributed by atoms with van der Waals surface area (Å²) < 4.78 is 49.0. The lowest BCUT2D eigenvalue weighted by atomic mass is 10.0. The fourth-order valence-electron chi connectivity index (χ4n) is 3.41. The van der Waals surface area contributed by atoms with Crippen molar-refractivity contribution in [3.63, 3.8) is 0 Å². The van der Waals surface area contributed by atoms with Gasteiger partial charge < -0.3 is 39.7 Å². The molecule has 10 atom stereocenters. The zero-order valence-corrected chi connectivity index (χ0v) is 20.1. The Labute approximate surface area is 196 Å². The number of H-pyrrole nitrogens is 1.